The van der Waals surface area contributed by atoms with Gasteiger partial charge in [-0.3, -0.25) is 0 Å². The molecule has 3 atom stereocenters. The van der Waals surface area contributed by atoms with Crippen molar-refractivity contribution in [2.45, 2.75) is 59.5 Å². The second-order valence-corrected chi connectivity index (χ2v) is 6.93. The van der Waals surface area contributed by atoms with Gasteiger partial charge in [0.05, 0.1) is 6.10 Å². The van der Waals surface area contributed by atoms with Gasteiger partial charge in [0.25, 0.3) is 0 Å². The third-order valence-corrected chi connectivity index (χ3v) is 5.01. The lowest BCUT2D eigenvalue weighted by Gasteiger charge is -2.37. The lowest BCUT2D eigenvalue weighted by molar-refractivity contribution is -0.00319. The summed E-state index contributed by atoms with van der Waals surface area (Å²) in [5, 5.41) is 3.53. The maximum Gasteiger partial charge on any atom is 0.0858 e. The average molecular weight is 328 g/mol. The Morgan fingerprint density at radius 3 is 2.62 bits per heavy atom. The van der Waals surface area contributed by atoms with Crippen LogP contribution < -0.4 is 5.32 Å². The highest BCUT2D eigenvalue weighted by molar-refractivity contribution is 5.23. The first-order valence-electron chi connectivity index (χ1n) is 9.44. The molecule has 2 unspecified atom stereocenters. The zero-order valence-corrected chi connectivity index (χ0v) is 15.7. The van der Waals surface area contributed by atoms with Gasteiger partial charge >= 0.3 is 0 Å². The summed E-state index contributed by atoms with van der Waals surface area (Å²) in [6.07, 6.45) is 9.07. The van der Waals surface area contributed by atoms with Crippen molar-refractivity contribution in [3.05, 3.63) is 59.4 Å². The van der Waals surface area contributed by atoms with Crippen LogP contribution >= 0.6 is 0 Å². The van der Waals surface area contributed by atoms with E-state index in [0.29, 0.717) is 11.8 Å². The summed E-state index contributed by atoms with van der Waals surface area (Å²) >= 11 is 0. The molecule has 0 fully saturated rings. The molecular weight excluding hydrogens is 294 g/mol. The molecule has 0 aromatic heterocycles. The normalized spacial score (nSPS) is 22.8. The van der Waals surface area contributed by atoms with Gasteiger partial charge in [-0.2, -0.15) is 0 Å². The van der Waals surface area contributed by atoms with Crippen molar-refractivity contribution in [2.75, 3.05) is 6.61 Å². The van der Waals surface area contributed by atoms with Gasteiger partial charge in [-0.25, -0.2) is 0 Å². The van der Waals surface area contributed by atoms with Gasteiger partial charge in [-0.05, 0) is 56.7 Å². The van der Waals surface area contributed by atoms with E-state index < -0.39 is 0 Å². The van der Waals surface area contributed by atoms with E-state index in [1.54, 1.807) is 0 Å². The first kappa shape index (κ1) is 18.8. The fourth-order valence-corrected chi connectivity index (χ4v) is 3.61. The van der Waals surface area contributed by atoms with E-state index >= 15 is 0 Å². The Labute approximate surface area is 148 Å². The van der Waals surface area contributed by atoms with Crippen molar-refractivity contribution >= 4 is 0 Å². The summed E-state index contributed by atoms with van der Waals surface area (Å²) in [4.78, 5) is 0. The molecule has 1 aromatic rings. The number of benzene rings is 1. The fraction of sp³-hybridized carbons (Fsp3) is 0.545. The van der Waals surface area contributed by atoms with Crippen LogP contribution in [0.5, 0.6) is 0 Å². The van der Waals surface area contributed by atoms with Crippen LogP contribution in [-0.4, -0.2) is 6.61 Å². The van der Waals surface area contributed by atoms with Crippen LogP contribution in [0.1, 0.15) is 65.0 Å². The second-order valence-electron chi connectivity index (χ2n) is 6.93. The Morgan fingerprint density at radius 2 is 1.96 bits per heavy atom. The highest BCUT2D eigenvalue weighted by Gasteiger charge is 2.33. The molecule has 2 rings (SSSR count). The van der Waals surface area contributed by atoms with Crippen LogP contribution in [0.3, 0.4) is 0 Å². The van der Waals surface area contributed by atoms with E-state index in [2.05, 4.69) is 75.6 Å². The predicted octanol–water partition coefficient (Wildman–Crippen LogP) is 5.99. The summed E-state index contributed by atoms with van der Waals surface area (Å²) in [6.45, 7) is 9.69. The summed E-state index contributed by atoms with van der Waals surface area (Å²) in [5.74, 6) is 1.14. The first-order chi connectivity index (χ1) is 11.7. The number of hydrogen-bond acceptors (Lipinski definition) is 2. The van der Waals surface area contributed by atoms with E-state index in [4.69, 9.17) is 4.74 Å². The molecular formula is C22H33NO. The van der Waals surface area contributed by atoms with Gasteiger partial charge in [0.1, 0.15) is 0 Å². The number of hydrogen-bond donors (Lipinski definition) is 1. The zero-order valence-electron chi connectivity index (χ0n) is 15.7. The maximum atomic E-state index is 6.18. The molecule has 24 heavy (non-hydrogen) atoms. The topological polar surface area (TPSA) is 21.3 Å². The van der Waals surface area contributed by atoms with Gasteiger partial charge in [0.2, 0.25) is 0 Å². The summed E-state index contributed by atoms with van der Waals surface area (Å²) in [5.41, 5.74) is 4.18. The van der Waals surface area contributed by atoms with E-state index in [9.17, 15) is 0 Å². The monoisotopic (exact) mass is 327 g/mol. The molecule has 1 N–H and O–H groups in total. The Kier molecular flexibility index (Phi) is 7.58. The van der Waals surface area contributed by atoms with Crippen molar-refractivity contribution in [1.82, 2.24) is 5.32 Å². The molecule has 0 amide bonds. The van der Waals surface area contributed by atoms with Gasteiger partial charge in [-0.15, -0.1) is 0 Å². The van der Waals surface area contributed by atoms with E-state index in [0.717, 1.165) is 25.9 Å². The van der Waals surface area contributed by atoms with Crippen LogP contribution in [0.2, 0.25) is 0 Å². The highest BCUT2D eigenvalue weighted by Crippen LogP contribution is 2.42. The lowest BCUT2D eigenvalue weighted by atomic mass is 9.74. The van der Waals surface area contributed by atoms with Gasteiger partial charge in [0, 0.05) is 12.3 Å². The van der Waals surface area contributed by atoms with Crippen LogP contribution in [0, 0.1) is 11.8 Å². The van der Waals surface area contributed by atoms with Crippen LogP contribution in [0.15, 0.2) is 53.9 Å². The van der Waals surface area contributed by atoms with Crippen LogP contribution in [-0.2, 0) is 4.74 Å². The van der Waals surface area contributed by atoms with Crippen LogP contribution in [0.4, 0.5) is 0 Å². The SMILES string of the molecule is CCC/C=C/NC1=C(C)C[C@@H](C(OCC)c2ccccc2)C(C)C1. The molecule has 1 aliphatic carbocycles. The van der Waals surface area contributed by atoms with Crippen molar-refractivity contribution in [1.29, 1.82) is 0 Å². The Balaban J connectivity index is 2.12. The minimum Gasteiger partial charge on any atom is -0.374 e. The molecule has 0 heterocycles. The molecule has 0 saturated carbocycles. The van der Waals surface area contributed by atoms with Gasteiger partial charge < -0.3 is 10.1 Å². The van der Waals surface area contributed by atoms with E-state index in [1.807, 2.05) is 0 Å². The summed E-state index contributed by atoms with van der Waals surface area (Å²) in [6, 6.07) is 10.7. The van der Waals surface area contributed by atoms with Crippen molar-refractivity contribution in [3.63, 3.8) is 0 Å². The quantitative estimate of drug-likeness (QED) is 0.633. The molecule has 0 spiro atoms. The van der Waals surface area contributed by atoms with E-state index in [1.165, 1.54) is 23.3 Å². The third-order valence-electron chi connectivity index (χ3n) is 5.01. The Morgan fingerprint density at radius 1 is 1.21 bits per heavy atom. The number of ether oxygens (including phenoxy) is 1. The Bertz CT molecular complexity index is 546. The number of unbranched alkanes of at least 4 members (excludes halogenated alkanes) is 1. The smallest absolute Gasteiger partial charge is 0.0858 e. The summed E-state index contributed by atoms with van der Waals surface area (Å²) in [7, 11) is 0. The summed E-state index contributed by atoms with van der Waals surface area (Å²) < 4.78 is 6.18. The lowest BCUT2D eigenvalue weighted by Crippen LogP contribution is -2.29. The second kappa shape index (κ2) is 9.68. The van der Waals surface area contributed by atoms with Crippen molar-refractivity contribution in [3.8, 4) is 0 Å². The predicted molar refractivity (Wildman–Crippen MR) is 103 cm³/mol. The number of allylic oxidation sites excluding steroid dienone is 3. The molecule has 1 aliphatic rings. The molecule has 2 heteroatoms. The standard InChI is InChI=1S/C22H33NO/c1-5-7-11-14-23-21-16-17(3)20(15-18(21)4)22(24-6-2)19-12-9-8-10-13-19/h8-14,17,20,22-23H,5-7,15-16H2,1-4H3/b14-11+/t17?,20-,22?/m1/s1. The van der Waals surface area contributed by atoms with Gasteiger partial charge in [0.15, 0.2) is 0 Å². The Hall–Kier alpha value is -1.54. The van der Waals surface area contributed by atoms with Crippen LogP contribution in [0.25, 0.3) is 0 Å². The molecule has 132 valence electrons. The average Bonchev–Trinajstić information content (AvgIpc) is 2.60. The maximum absolute atomic E-state index is 6.18. The molecule has 1 aromatic carbocycles. The number of nitrogens with one attached hydrogen (secondary N) is 1. The molecule has 0 radical (unpaired) electrons. The molecule has 0 aliphatic heterocycles. The van der Waals surface area contributed by atoms with E-state index in [-0.39, 0.29) is 6.10 Å². The fourth-order valence-electron chi connectivity index (χ4n) is 3.61. The van der Waals surface area contributed by atoms with Crippen molar-refractivity contribution in [2.24, 2.45) is 11.8 Å². The molecule has 0 bridgehead atoms. The minimum absolute atomic E-state index is 0.193. The largest absolute Gasteiger partial charge is 0.374 e. The highest BCUT2D eigenvalue weighted by atomic mass is 16.5. The first-order valence-corrected chi connectivity index (χ1v) is 9.44. The number of rotatable bonds is 8. The third kappa shape index (κ3) is 4.98. The molecule has 2 nitrogen and oxygen atoms in total. The van der Waals surface area contributed by atoms with Gasteiger partial charge in [-0.1, -0.05) is 62.2 Å². The zero-order chi connectivity index (χ0) is 17.4. The minimum atomic E-state index is 0.193. The molecule has 0 saturated heterocycles. The van der Waals surface area contributed by atoms with Crippen molar-refractivity contribution < 1.29 is 4.74 Å².